The third kappa shape index (κ3) is 5.65. The molecule has 0 radical (unpaired) electrons. The summed E-state index contributed by atoms with van der Waals surface area (Å²) in [6.07, 6.45) is 0.835. The third-order valence-corrected chi connectivity index (χ3v) is 7.16. The van der Waals surface area contributed by atoms with Gasteiger partial charge in [0.25, 0.3) is 0 Å². The fraction of sp³-hybridized carbons (Fsp3) is 0.172. The van der Waals surface area contributed by atoms with E-state index < -0.39 is 0 Å². The largest absolute Gasteiger partial charge is 0.488 e. The molecule has 0 saturated carbocycles. The zero-order valence-corrected chi connectivity index (χ0v) is 19.4. The van der Waals surface area contributed by atoms with E-state index in [0.717, 1.165) is 23.3 Å². The van der Waals surface area contributed by atoms with E-state index in [4.69, 9.17) is 4.74 Å². The Balaban J connectivity index is 1.65. The number of rotatable bonds is 9. The average Bonchev–Trinajstić information content (AvgIpc) is 2.84. The molecule has 0 bridgehead atoms. The maximum atomic E-state index is 9.75. The number of hydrogen-bond acceptors (Lipinski definition) is 2. The normalized spacial score (nSPS) is 12.2. The molecular weight excluding hydrogens is 411 g/mol. The molecule has 0 aliphatic carbocycles. The van der Waals surface area contributed by atoms with Crippen LogP contribution in [-0.2, 0) is 19.6 Å². The average molecular weight is 441 g/mol. The van der Waals surface area contributed by atoms with Gasteiger partial charge >= 0.3 is 0 Å². The van der Waals surface area contributed by atoms with Crippen molar-refractivity contribution in [2.75, 3.05) is 0 Å². The monoisotopic (exact) mass is 440 g/mol. The van der Waals surface area contributed by atoms with Gasteiger partial charge in [0.15, 0.2) is 0 Å². The van der Waals surface area contributed by atoms with E-state index in [9.17, 15) is 5.11 Å². The summed E-state index contributed by atoms with van der Waals surface area (Å²) >= 11 is 0. The first-order chi connectivity index (χ1) is 15.7. The van der Waals surface area contributed by atoms with Crippen LogP contribution in [0.3, 0.4) is 0 Å². The Morgan fingerprint density at radius 1 is 0.719 bits per heavy atom. The second-order valence-corrected chi connectivity index (χ2v) is 9.65. The van der Waals surface area contributed by atoms with Crippen molar-refractivity contribution in [2.24, 2.45) is 0 Å². The first-order valence-corrected chi connectivity index (χ1v) is 12.1. The molecule has 2 unspecified atom stereocenters. The Labute approximate surface area is 192 Å². The molecule has 32 heavy (non-hydrogen) atoms. The summed E-state index contributed by atoms with van der Waals surface area (Å²) in [7, 11) is 0.553. The minimum absolute atomic E-state index is 0.0707. The molecule has 1 N–H and O–H groups in total. The fourth-order valence-corrected chi connectivity index (χ4v) is 5.31. The molecule has 0 aromatic heterocycles. The van der Waals surface area contributed by atoms with E-state index >= 15 is 0 Å². The molecule has 2 atom stereocenters. The molecule has 4 aromatic rings. The minimum Gasteiger partial charge on any atom is -0.488 e. The van der Waals surface area contributed by atoms with Gasteiger partial charge in [0.2, 0.25) is 0 Å². The summed E-state index contributed by atoms with van der Waals surface area (Å²) < 4.78 is 6.50. The summed E-state index contributed by atoms with van der Waals surface area (Å²) in [6.45, 7) is 2.87. The number of benzene rings is 4. The van der Waals surface area contributed by atoms with Gasteiger partial charge in [0, 0.05) is 17.6 Å². The minimum atomic E-state index is 0.0707. The Kier molecular flexibility index (Phi) is 7.72. The van der Waals surface area contributed by atoms with Crippen LogP contribution in [-0.4, -0.2) is 5.11 Å². The van der Waals surface area contributed by atoms with Crippen LogP contribution in [0.1, 0.15) is 40.4 Å². The number of para-hydroxylation sites is 1. The lowest BCUT2D eigenvalue weighted by Crippen LogP contribution is -2.08. The van der Waals surface area contributed by atoms with Crippen molar-refractivity contribution in [2.45, 2.75) is 32.2 Å². The maximum Gasteiger partial charge on any atom is 0.127 e. The van der Waals surface area contributed by atoms with Gasteiger partial charge in [-0.2, -0.15) is 0 Å². The number of aliphatic hydroxyl groups excluding tert-OH is 1. The van der Waals surface area contributed by atoms with Crippen LogP contribution in [0.15, 0.2) is 103 Å². The second kappa shape index (κ2) is 11.1. The first kappa shape index (κ1) is 22.3. The molecular formula is C29H29O2P. The Bertz CT molecular complexity index is 1130. The Hall–Kier alpha value is -2.93. The molecule has 0 aliphatic heterocycles. The molecule has 0 aliphatic rings. The molecule has 0 heterocycles. The summed E-state index contributed by atoms with van der Waals surface area (Å²) in [5, 5.41) is 11.0. The van der Waals surface area contributed by atoms with Crippen LogP contribution < -0.4 is 10.0 Å². The summed E-state index contributed by atoms with van der Waals surface area (Å²) in [5.74, 6) is 0.988. The highest BCUT2D eigenvalue weighted by Gasteiger charge is 2.18. The summed E-state index contributed by atoms with van der Waals surface area (Å²) in [4.78, 5) is 0. The van der Waals surface area contributed by atoms with E-state index in [1.54, 1.807) is 0 Å². The van der Waals surface area contributed by atoms with Crippen molar-refractivity contribution in [3.05, 3.63) is 131 Å². The molecule has 162 valence electrons. The zero-order valence-electron chi connectivity index (χ0n) is 18.4. The smallest absolute Gasteiger partial charge is 0.127 e. The lowest BCUT2D eigenvalue weighted by atomic mass is 10.00. The van der Waals surface area contributed by atoms with Crippen molar-refractivity contribution in [1.82, 2.24) is 0 Å². The van der Waals surface area contributed by atoms with E-state index in [0.29, 0.717) is 15.2 Å². The summed E-state index contributed by atoms with van der Waals surface area (Å²) in [5.41, 5.74) is 6.15. The van der Waals surface area contributed by atoms with Crippen molar-refractivity contribution in [1.29, 1.82) is 0 Å². The van der Waals surface area contributed by atoms with Crippen LogP contribution in [0.2, 0.25) is 0 Å². The standard InChI is InChI=1S/C29H29O2P/c1-22(32-28-18-9-8-15-26(28)20-30)27-17-10-16-25(19-23-11-4-2-5-12-23)29(27)31-21-24-13-6-3-7-14-24/h2-18,22,30,32H,19-21H2,1H3. The zero-order chi connectivity index (χ0) is 22.2. The number of ether oxygens (including phenoxy) is 1. The summed E-state index contributed by atoms with van der Waals surface area (Å²) in [6, 6.07) is 35.5. The highest BCUT2D eigenvalue weighted by atomic mass is 31.1. The first-order valence-electron chi connectivity index (χ1n) is 11.0. The van der Waals surface area contributed by atoms with Gasteiger partial charge in [-0.25, -0.2) is 0 Å². The fourth-order valence-electron chi connectivity index (χ4n) is 3.92. The van der Waals surface area contributed by atoms with Crippen LogP contribution in [0.25, 0.3) is 0 Å². The number of hydrogen-bond donors (Lipinski definition) is 1. The van der Waals surface area contributed by atoms with Gasteiger partial charge in [-0.1, -0.05) is 119 Å². The van der Waals surface area contributed by atoms with Crippen molar-refractivity contribution < 1.29 is 9.84 Å². The molecule has 0 amide bonds. The molecule has 0 saturated heterocycles. The highest BCUT2D eigenvalue weighted by molar-refractivity contribution is 7.47. The SMILES string of the molecule is CC(Pc1ccccc1CO)c1cccc(Cc2ccccc2)c1OCc1ccccc1. The van der Waals surface area contributed by atoms with Gasteiger partial charge in [-0.15, -0.1) is 0 Å². The predicted molar refractivity (Wildman–Crippen MR) is 135 cm³/mol. The number of aliphatic hydroxyl groups is 1. The van der Waals surface area contributed by atoms with E-state index in [2.05, 4.69) is 73.7 Å². The van der Waals surface area contributed by atoms with Gasteiger partial charge in [-0.05, 0) is 27.6 Å². The maximum absolute atomic E-state index is 9.75. The highest BCUT2D eigenvalue weighted by Crippen LogP contribution is 2.41. The van der Waals surface area contributed by atoms with E-state index in [-0.39, 0.29) is 12.3 Å². The Morgan fingerprint density at radius 2 is 1.34 bits per heavy atom. The van der Waals surface area contributed by atoms with Gasteiger partial charge < -0.3 is 9.84 Å². The van der Waals surface area contributed by atoms with Crippen LogP contribution in [0.5, 0.6) is 5.75 Å². The van der Waals surface area contributed by atoms with Gasteiger partial charge in [-0.3, -0.25) is 0 Å². The van der Waals surface area contributed by atoms with E-state index in [1.807, 2.05) is 36.4 Å². The van der Waals surface area contributed by atoms with E-state index in [1.165, 1.54) is 22.0 Å². The molecule has 4 aromatic carbocycles. The molecule has 0 spiro atoms. The lowest BCUT2D eigenvalue weighted by Gasteiger charge is -2.21. The van der Waals surface area contributed by atoms with Crippen molar-refractivity contribution in [3.63, 3.8) is 0 Å². The second-order valence-electron chi connectivity index (χ2n) is 7.95. The Morgan fingerprint density at radius 3 is 2.06 bits per heavy atom. The lowest BCUT2D eigenvalue weighted by molar-refractivity contribution is 0.283. The predicted octanol–water partition coefficient (Wildman–Crippen LogP) is 6.41. The van der Waals surface area contributed by atoms with Crippen molar-refractivity contribution >= 4 is 13.9 Å². The van der Waals surface area contributed by atoms with Crippen LogP contribution in [0, 0.1) is 0 Å². The van der Waals surface area contributed by atoms with Crippen LogP contribution in [0.4, 0.5) is 0 Å². The topological polar surface area (TPSA) is 29.5 Å². The molecule has 3 heteroatoms. The van der Waals surface area contributed by atoms with Gasteiger partial charge in [0.1, 0.15) is 12.4 Å². The van der Waals surface area contributed by atoms with Gasteiger partial charge in [0.05, 0.1) is 6.61 Å². The molecule has 0 fully saturated rings. The molecule has 4 rings (SSSR count). The van der Waals surface area contributed by atoms with Crippen LogP contribution >= 0.6 is 8.58 Å². The van der Waals surface area contributed by atoms with Crippen molar-refractivity contribution in [3.8, 4) is 5.75 Å². The third-order valence-electron chi connectivity index (χ3n) is 5.62. The molecule has 2 nitrogen and oxygen atoms in total. The quantitative estimate of drug-likeness (QED) is 0.305.